The normalized spacial score (nSPS) is 18.0. The van der Waals surface area contributed by atoms with Crippen LogP contribution in [0, 0.1) is 0 Å². The third-order valence-electron chi connectivity index (χ3n) is 4.99. The standard InChI is InChI=1S/C18H22N4O3S2/c1-19-27(24,25)16-5-3-2-4-14(16)21-8-10-22(11-9-21)18(23)15-12-20-17(26-15)13-6-7-13/h2-5,12-13,19H,6-11H2,1H3. The lowest BCUT2D eigenvalue weighted by atomic mass is 10.2. The van der Waals surface area contributed by atoms with Crippen LogP contribution in [0.1, 0.15) is 33.4 Å². The molecule has 0 unspecified atom stereocenters. The van der Waals surface area contributed by atoms with Crippen LogP contribution in [0.4, 0.5) is 5.69 Å². The number of hydrogen-bond acceptors (Lipinski definition) is 6. The largest absolute Gasteiger partial charge is 0.367 e. The lowest BCUT2D eigenvalue weighted by Crippen LogP contribution is -2.49. The highest BCUT2D eigenvalue weighted by atomic mass is 32.2. The van der Waals surface area contributed by atoms with Crippen molar-refractivity contribution in [3.8, 4) is 0 Å². The molecule has 1 saturated heterocycles. The van der Waals surface area contributed by atoms with Gasteiger partial charge in [0, 0.05) is 32.1 Å². The Labute approximate surface area is 163 Å². The quantitative estimate of drug-likeness (QED) is 0.820. The number of piperazine rings is 1. The van der Waals surface area contributed by atoms with E-state index in [1.165, 1.54) is 31.2 Å². The smallest absolute Gasteiger partial charge is 0.265 e. The van der Waals surface area contributed by atoms with Crippen LogP contribution in [-0.4, -0.2) is 57.4 Å². The fraction of sp³-hybridized carbons (Fsp3) is 0.444. The van der Waals surface area contributed by atoms with E-state index < -0.39 is 10.0 Å². The first-order chi connectivity index (χ1) is 13.0. The first-order valence-electron chi connectivity index (χ1n) is 9.02. The Bertz CT molecular complexity index is 945. The second-order valence-electron chi connectivity index (χ2n) is 6.79. The highest BCUT2D eigenvalue weighted by Gasteiger charge is 2.30. The average molecular weight is 407 g/mol. The molecule has 7 nitrogen and oxygen atoms in total. The van der Waals surface area contributed by atoms with Crippen molar-refractivity contribution in [3.63, 3.8) is 0 Å². The van der Waals surface area contributed by atoms with Crippen LogP contribution in [-0.2, 0) is 10.0 Å². The summed E-state index contributed by atoms with van der Waals surface area (Å²) in [6.45, 7) is 2.30. The van der Waals surface area contributed by atoms with Crippen molar-refractivity contribution < 1.29 is 13.2 Å². The zero-order chi connectivity index (χ0) is 19.0. The summed E-state index contributed by atoms with van der Waals surface area (Å²) in [4.78, 5) is 22.0. The van der Waals surface area contributed by atoms with E-state index in [1.54, 1.807) is 18.3 Å². The second-order valence-corrected chi connectivity index (χ2v) is 9.71. The summed E-state index contributed by atoms with van der Waals surface area (Å²) >= 11 is 1.51. The van der Waals surface area contributed by atoms with Crippen molar-refractivity contribution in [1.29, 1.82) is 0 Å². The first kappa shape index (κ1) is 18.4. The molecule has 0 radical (unpaired) electrons. The van der Waals surface area contributed by atoms with Crippen LogP contribution < -0.4 is 9.62 Å². The Morgan fingerprint density at radius 3 is 2.56 bits per heavy atom. The molecule has 27 heavy (non-hydrogen) atoms. The van der Waals surface area contributed by atoms with Crippen molar-refractivity contribution in [2.75, 3.05) is 38.1 Å². The van der Waals surface area contributed by atoms with Gasteiger partial charge < -0.3 is 9.80 Å². The molecule has 1 amide bonds. The van der Waals surface area contributed by atoms with Gasteiger partial charge in [0.1, 0.15) is 9.77 Å². The molecule has 0 spiro atoms. The SMILES string of the molecule is CNS(=O)(=O)c1ccccc1N1CCN(C(=O)c2cnc(C3CC3)s2)CC1. The number of para-hydroxylation sites is 1. The van der Waals surface area contributed by atoms with E-state index in [9.17, 15) is 13.2 Å². The van der Waals surface area contributed by atoms with Crippen molar-refractivity contribution in [3.05, 3.63) is 40.3 Å². The molecule has 144 valence electrons. The molecular formula is C18H22N4O3S2. The Kier molecular flexibility index (Phi) is 4.92. The minimum Gasteiger partial charge on any atom is -0.367 e. The van der Waals surface area contributed by atoms with E-state index in [1.807, 2.05) is 21.9 Å². The highest BCUT2D eigenvalue weighted by molar-refractivity contribution is 7.89. The van der Waals surface area contributed by atoms with Gasteiger partial charge in [-0.1, -0.05) is 12.1 Å². The maximum atomic E-state index is 12.7. The lowest BCUT2D eigenvalue weighted by molar-refractivity contribution is 0.0751. The summed E-state index contributed by atoms with van der Waals surface area (Å²) in [5.41, 5.74) is 0.674. The zero-order valence-electron chi connectivity index (χ0n) is 15.1. The van der Waals surface area contributed by atoms with Crippen molar-refractivity contribution in [2.45, 2.75) is 23.7 Å². The van der Waals surface area contributed by atoms with Gasteiger partial charge in [-0.25, -0.2) is 18.1 Å². The predicted octanol–water partition coefficient (Wildman–Crippen LogP) is 1.89. The van der Waals surface area contributed by atoms with Gasteiger partial charge >= 0.3 is 0 Å². The van der Waals surface area contributed by atoms with Gasteiger partial charge in [-0.2, -0.15) is 0 Å². The van der Waals surface area contributed by atoms with E-state index in [0.717, 1.165) is 5.01 Å². The monoisotopic (exact) mass is 406 g/mol. The number of nitrogens with zero attached hydrogens (tertiary/aromatic N) is 3. The van der Waals surface area contributed by atoms with Gasteiger partial charge in [0.15, 0.2) is 0 Å². The molecule has 2 fully saturated rings. The molecule has 2 heterocycles. The van der Waals surface area contributed by atoms with E-state index in [-0.39, 0.29) is 10.8 Å². The zero-order valence-corrected chi connectivity index (χ0v) is 16.7. The summed E-state index contributed by atoms with van der Waals surface area (Å²) in [6.07, 6.45) is 4.05. The summed E-state index contributed by atoms with van der Waals surface area (Å²) < 4.78 is 26.9. The van der Waals surface area contributed by atoms with Crippen LogP contribution in [0.25, 0.3) is 0 Å². The Morgan fingerprint density at radius 2 is 1.89 bits per heavy atom. The molecule has 1 aromatic heterocycles. The molecule has 1 aliphatic carbocycles. The number of nitrogens with one attached hydrogen (secondary N) is 1. The molecule has 9 heteroatoms. The van der Waals surface area contributed by atoms with Crippen molar-refractivity contribution >= 4 is 33.0 Å². The number of carbonyl (C=O) groups excluding carboxylic acids is 1. The number of thiazole rings is 1. The van der Waals surface area contributed by atoms with Crippen LogP contribution in [0.3, 0.4) is 0 Å². The van der Waals surface area contributed by atoms with Crippen LogP contribution >= 0.6 is 11.3 Å². The molecule has 1 N–H and O–H groups in total. The van der Waals surface area contributed by atoms with Crippen LogP contribution in [0.5, 0.6) is 0 Å². The number of anilines is 1. The first-order valence-corrected chi connectivity index (χ1v) is 11.3. The summed E-state index contributed by atoms with van der Waals surface area (Å²) in [5.74, 6) is 0.578. The number of benzene rings is 1. The van der Waals surface area contributed by atoms with E-state index in [2.05, 4.69) is 9.71 Å². The number of sulfonamides is 1. The minimum atomic E-state index is -3.53. The Morgan fingerprint density at radius 1 is 1.19 bits per heavy atom. The maximum absolute atomic E-state index is 12.7. The molecule has 4 rings (SSSR count). The average Bonchev–Trinajstić information content (AvgIpc) is 3.44. The third kappa shape index (κ3) is 3.71. The van der Waals surface area contributed by atoms with Gasteiger partial charge in [0.25, 0.3) is 5.91 Å². The summed E-state index contributed by atoms with van der Waals surface area (Å²) in [7, 11) is -2.12. The number of hydrogen-bond donors (Lipinski definition) is 1. The molecule has 1 saturated carbocycles. The maximum Gasteiger partial charge on any atom is 0.265 e. The fourth-order valence-corrected chi connectivity index (χ4v) is 5.27. The van der Waals surface area contributed by atoms with Gasteiger partial charge in [0.05, 0.1) is 16.9 Å². The minimum absolute atomic E-state index is 0.0233. The fourth-order valence-electron chi connectivity index (χ4n) is 3.27. The molecule has 0 atom stereocenters. The molecule has 2 aromatic rings. The summed E-state index contributed by atoms with van der Waals surface area (Å²) in [6, 6.07) is 6.97. The number of amides is 1. The molecule has 2 aliphatic rings. The topological polar surface area (TPSA) is 82.6 Å². The number of aromatic nitrogens is 1. The van der Waals surface area contributed by atoms with E-state index >= 15 is 0 Å². The van der Waals surface area contributed by atoms with Gasteiger partial charge in [-0.15, -0.1) is 11.3 Å². The van der Waals surface area contributed by atoms with Crippen molar-refractivity contribution in [2.24, 2.45) is 0 Å². The van der Waals surface area contributed by atoms with Crippen molar-refractivity contribution in [1.82, 2.24) is 14.6 Å². The molecule has 1 aliphatic heterocycles. The third-order valence-corrected chi connectivity index (χ3v) is 7.60. The number of rotatable bonds is 5. The van der Waals surface area contributed by atoms with Gasteiger partial charge in [-0.05, 0) is 32.0 Å². The highest BCUT2D eigenvalue weighted by Crippen LogP contribution is 2.41. The lowest BCUT2D eigenvalue weighted by Gasteiger charge is -2.36. The van der Waals surface area contributed by atoms with E-state index in [4.69, 9.17) is 0 Å². The molecular weight excluding hydrogens is 384 g/mol. The van der Waals surface area contributed by atoms with Crippen LogP contribution in [0.2, 0.25) is 0 Å². The second kappa shape index (κ2) is 7.21. The van der Waals surface area contributed by atoms with Gasteiger partial charge in [-0.3, -0.25) is 4.79 Å². The molecule has 0 bridgehead atoms. The Hall–Kier alpha value is -1.97. The Balaban J connectivity index is 1.45. The summed E-state index contributed by atoms with van der Waals surface area (Å²) in [5, 5.41) is 1.07. The van der Waals surface area contributed by atoms with Gasteiger partial charge in [0.2, 0.25) is 10.0 Å². The predicted molar refractivity (Wildman–Crippen MR) is 105 cm³/mol. The van der Waals surface area contributed by atoms with Crippen LogP contribution in [0.15, 0.2) is 35.4 Å². The number of carbonyl (C=O) groups is 1. The van der Waals surface area contributed by atoms with E-state index in [0.29, 0.717) is 42.7 Å². The molecule has 1 aromatic carbocycles.